The van der Waals surface area contributed by atoms with E-state index in [0.717, 1.165) is 31.9 Å². The molecular formula is C37H62N4O7S. The summed E-state index contributed by atoms with van der Waals surface area (Å²) in [5, 5.41) is 5.81. The van der Waals surface area contributed by atoms with Crippen LogP contribution in [0.25, 0.3) is 0 Å². The average Bonchev–Trinajstić information content (AvgIpc) is 3.62. The summed E-state index contributed by atoms with van der Waals surface area (Å²) in [6.45, 7) is 19.6. The number of carbonyl (C=O) groups is 5. The number of hydrogen-bond donors (Lipinski definition) is 2. The van der Waals surface area contributed by atoms with Crippen molar-refractivity contribution in [3.8, 4) is 0 Å². The lowest BCUT2D eigenvalue weighted by Gasteiger charge is -2.38. The van der Waals surface area contributed by atoms with Gasteiger partial charge in [0.1, 0.15) is 6.04 Å². The van der Waals surface area contributed by atoms with E-state index < -0.39 is 62.5 Å². The lowest BCUT2D eigenvalue weighted by Crippen LogP contribution is -2.61. The van der Waals surface area contributed by atoms with E-state index in [1.54, 1.807) is 11.0 Å². The summed E-state index contributed by atoms with van der Waals surface area (Å²) < 4.78 is 25.5. The van der Waals surface area contributed by atoms with Gasteiger partial charge in [0.15, 0.2) is 11.6 Å². The first-order valence-electron chi connectivity index (χ1n) is 17.9. The summed E-state index contributed by atoms with van der Waals surface area (Å²) in [4.78, 5) is 70.4. The maximum Gasteiger partial charge on any atom is 0.315 e. The highest BCUT2D eigenvalue weighted by molar-refractivity contribution is 7.88. The minimum Gasteiger partial charge on any atom is -0.334 e. The monoisotopic (exact) mass is 706 g/mol. The van der Waals surface area contributed by atoms with Crippen molar-refractivity contribution in [1.29, 1.82) is 0 Å². The Morgan fingerprint density at radius 2 is 1.61 bits per heavy atom. The van der Waals surface area contributed by atoms with Crippen molar-refractivity contribution < 1.29 is 32.4 Å². The zero-order valence-corrected chi connectivity index (χ0v) is 32.4. The zero-order valence-electron chi connectivity index (χ0n) is 31.6. The minimum atomic E-state index is -3.50. The highest BCUT2D eigenvalue weighted by Crippen LogP contribution is 2.53. The number of nitrogens with one attached hydrogen (secondary N) is 2. The number of ketones is 3. The van der Waals surface area contributed by atoms with Gasteiger partial charge in [-0.2, -0.15) is 0 Å². The highest BCUT2D eigenvalue weighted by atomic mass is 32.2. The van der Waals surface area contributed by atoms with Gasteiger partial charge in [0, 0.05) is 44.9 Å². The number of hydrogen-bond acceptors (Lipinski definition) is 7. The second-order valence-electron chi connectivity index (χ2n) is 17.8. The Balaban J connectivity index is 1.90. The number of fused-ring (bicyclic) bond motifs is 1. The first-order valence-corrected chi connectivity index (χ1v) is 19.7. The normalized spacial score (nSPS) is 24.1. The third kappa shape index (κ3) is 10.5. The van der Waals surface area contributed by atoms with E-state index >= 15 is 0 Å². The smallest absolute Gasteiger partial charge is 0.315 e. The highest BCUT2D eigenvalue weighted by Gasteiger charge is 2.57. The standard InChI is InChI=1S/C37H62N4O7S/c1-12-13-14-27(42)31(44)24(19-23-15-16-23)20-28(43)30-25-17-18-37(8,9)26(25)21-41(30)33(45)32(36(5,6)7)39-34(46)38-29(35(2,3)4)22-40(10)49(11,47)48/h12,23-26,29-30,32H,1,13-22H2,2-11H3,(H2,38,39,46)/t24?,25-,26-,29+,30-,32+/m0/s1. The molecule has 2 N–H and O–H groups in total. The fourth-order valence-electron chi connectivity index (χ4n) is 7.52. The molecule has 0 aromatic carbocycles. The molecule has 0 aromatic rings. The molecule has 3 amide bonds. The second kappa shape index (κ2) is 15.3. The van der Waals surface area contributed by atoms with Crippen molar-refractivity contribution >= 4 is 39.3 Å². The van der Waals surface area contributed by atoms with Crippen LogP contribution in [0.3, 0.4) is 0 Å². The van der Waals surface area contributed by atoms with Crippen molar-refractivity contribution in [2.24, 2.45) is 39.9 Å². The number of carbonyl (C=O) groups excluding carboxylic acids is 5. The molecule has 6 atom stereocenters. The molecule has 278 valence electrons. The van der Waals surface area contributed by atoms with Crippen LogP contribution in [0.15, 0.2) is 12.7 Å². The van der Waals surface area contributed by atoms with Crippen LogP contribution < -0.4 is 10.6 Å². The van der Waals surface area contributed by atoms with Gasteiger partial charge in [-0.15, -0.1) is 6.58 Å². The summed E-state index contributed by atoms with van der Waals surface area (Å²) in [5.41, 5.74) is -1.34. The number of sulfonamides is 1. The Morgan fingerprint density at radius 1 is 1.00 bits per heavy atom. The van der Waals surface area contributed by atoms with Crippen LogP contribution in [0.2, 0.25) is 0 Å². The van der Waals surface area contributed by atoms with Gasteiger partial charge in [-0.3, -0.25) is 19.2 Å². The van der Waals surface area contributed by atoms with Gasteiger partial charge in [-0.25, -0.2) is 17.5 Å². The van der Waals surface area contributed by atoms with Gasteiger partial charge < -0.3 is 15.5 Å². The largest absolute Gasteiger partial charge is 0.334 e. The van der Waals surface area contributed by atoms with Gasteiger partial charge >= 0.3 is 6.03 Å². The lowest BCUT2D eigenvalue weighted by molar-refractivity contribution is -0.144. The van der Waals surface area contributed by atoms with Crippen molar-refractivity contribution in [3.05, 3.63) is 12.7 Å². The molecule has 12 heteroatoms. The summed E-state index contributed by atoms with van der Waals surface area (Å²) in [6, 6.07) is -2.93. The summed E-state index contributed by atoms with van der Waals surface area (Å²) in [6.07, 6.45) is 7.25. The maximum atomic E-state index is 14.6. The fraction of sp³-hybridized carbons (Fsp3) is 0.811. The number of rotatable bonds is 16. The Kier molecular flexibility index (Phi) is 12.8. The predicted molar refractivity (Wildman–Crippen MR) is 191 cm³/mol. The molecule has 3 fully saturated rings. The molecule has 2 saturated carbocycles. The van der Waals surface area contributed by atoms with E-state index in [1.807, 2.05) is 41.5 Å². The van der Waals surface area contributed by atoms with Crippen molar-refractivity contribution in [3.63, 3.8) is 0 Å². The molecular weight excluding hydrogens is 644 g/mol. The predicted octanol–water partition coefficient (Wildman–Crippen LogP) is 4.75. The van der Waals surface area contributed by atoms with E-state index in [0.29, 0.717) is 25.3 Å². The van der Waals surface area contributed by atoms with Crippen LogP contribution in [0.5, 0.6) is 0 Å². The van der Waals surface area contributed by atoms with Crippen LogP contribution in [-0.2, 0) is 29.2 Å². The third-order valence-corrected chi connectivity index (χ3v) is 12.4. The Labute approximate surface area is 294 Å². The molecule has 3 rings (SSSR count). The van der Waals surface area contributed by atoms with E-state index in [2.05, 4.69) is 31.1 Å². The first kappa shape index (κ1) is 40.8. The third-order valence-electron chi connectivity index (χ3n) is 11.1. The van der Waals surface area contributed by atoms with E-state index in [9.17, 15) is 32.4 Å². The maximum absolute atomic E-state index is 14.6. The summed E-state index contributed by atoms with van der Waals surface area (Å²) in [5.74, 6) is -1.91. The molecule has 0 aromatic heterocycles. The summed E-state index contributed by atoms with van der Waals surface area (Å²) in [7, 11) is -2.04. The Bertz CT molecular complexity index is 1390. The van der Waals surface area contributed by atoms with E-state index in [1.165, 1.54) is 11.4 Å². The Morgan fingerprint density at radius 3 is 2.12 bits per heavy atom. The minimum absolute atomic E-state index is 0.0435. The van der Waals surface area contributed by atoms with Crippen LogP contribution in [0, 0.1) is 39.9 Å². The van der Waals surface area contributed by atoms with Crippen LogP contribution in [-0.4, -0.2) is 91.4 Å². The van der Waals surface area contributed by atoms with Crippen molar-refractivity contribution in [2.45, 2.75) is 125 Å². The Hall–Kier alpha value is -2.60. The summed E-state index contributed by atoms with van der Waals surface area (Å²) >= 11 is 0. The average molecular weight is 707 g/mol. The van der Waals surface area contributed by atoms with E-state index in [-0.39, 0.29) is 48.3 Å². The lowest BCUT2D eigenvalue weighted by atomic mass is 9.78. The van der Waals surface area contributed by atoms with Crippen LogP contribution in [0.1, 0.15) is 107 Å². The second-order valence-corrected chi connectivity index (χ2v) is 19.9. The number of likely N-dealkylation sites (N-methyl/N-ethyl adjacent to an activating group) is 1. The van der Waals surface area contributed by atoms with Gasteiger partial charge in [0.05, 0.1) is 12.3 Å². The number of Topliss-reactive ketones (excluding diaryl/α,β-unsaturated/α-hetero) is 3. The molecule has 1 unspecified atom stereocenters. The van der Waals surface area contributed by atoms with Gasteiger partial charge in [0.25, 0.3) is 0 Å². The molecule has 1 heterocycles. The molecule has 49 heavy (non-hydrogen) atoms. The van der Waals surface area contributed by atoms with Gasteiger partial charge in [-0.05, 0) is 59.7 Å². The SMILES string of the molecule is C=CCCC(=O)C(=O)C(CC(=O)[C@@H]1[C@H]2CCC(C)(C)[C@H]2CN1C(=O)[C@@H](NC(=O)N[C@H](CN(C)S(C)(=O)=O)C(C)(C)C)C(C)(C)C)CC1CC1. The molecule has 3 aliphatic rings. The quantitative estimate of drug-likeness (QED) is 0.174. The molecule has 2 aliphatic carbocycles. The number of allylic oxidation sites excluding steroid dienone is 1. The number of urea groups is 1. The molecule has 0 radical (unpaired) electrons. The number of amides is 3. The number of likely N-dealkylation sites (tertiary alicyclic amines) is 1. The number of nitrogens with zero attached hydrogens (tertiary/aromatic N) is 2. The molecule has 1 aliphatic heterocycles. The molecule has 11 nitrogen and oxygen atoms in total. The molecule has 0 bridgehead atoms. The van der Waals surface area contributed by atoms with Crippen LogP contribution in [0.4, 0.5) is 4.79 Å². The molecule has 1 saturated heterocycles. The van der Waals surface area contributed by atoms with Crippen molar-refractivity contribution in [1.82, 2.24) is 19.8 Å². The molecule has 0 spiro atoms. The van der Waals surface area contributed by atoms with E-state index in [4.69, 9.17) is 0 Å². The first-order chi connectivity index (χ1) is 22.4. The van der Waals surface area contributed by atoms with Gasteiger partial charge in [-0.1, -0.05) is 74.3 Å². The van der Waals surface area contributed by atoms with Crippen LogP contribution >= 0.6 is 0 Å². The fourth-order valence-corrected chi connectivity index (χ4v) is 7.94. The zero-order chi connectivity index (χ0) is 37.3. The van der Waals surface area contributed by atoms with Crippen molar-refractivity contribution in [2.75, 3.05) is 26.4 Å². The topological polar surface area (TPSA) is 150 Å². The van der Waals surface area contributed by atoms with Gasteiger partial charge in [0.2, 0.25) is 21.7 Å².